The van der Waals surface area contributed by atoms with Crippen molar-refractivity contribution >= 4 is 24.2 Å². The summed E-state index contributed by atoms with van der Waals surface area (Å²) in [4.78, 5) is 23.4. The quantitative estimate of drug-likeness (QED) is 0.632. The minimum absolute atomic E-state index is 0. The van der Waals surface area contributed by atoms with Gasteiger partial charge in [-0.05, 0) is 29.7 Å². The maximum absolute atomic E-state index is 12.3. The Morgan fingerprint density at radius 1 is 1.08 bits per heavy atom. The predicted octanol–water partition coefficient (Wildman–Crippen LogP) is 3.11. The molecule has 2 rings (SSSR count). The summed E-state index contributed by atoms with van der Waals surface area (Å²) in [7, 11) is 1.30. The van der Waals surface area contributed by atoms with E-state index in [0.717, 1.165) is 11.1 Å². The topological polar surface area (TPSA) is 93.2 Å². The number of benzene rings is 2. The molecular formula is C19H19ClN2O3. The number of nitrogens with two attached hydrogens (primary N) is 1. The molecule has 0 radical (unpaired) electrons. The fourth-order valence-corrected chi connectivity index (χ4v) is 2.28. The summed E-state index contributed by atoms with van der Waals surface area (Å²) < 4.78 is 4.54. The van der Waals surface area contributed by atoms with E-state index in [1.807, 2.05) is 24.3 Å². The largest absolute Gasteiger partial charge is 0.469 e. The number of carbonyl (C=O) groups excluding carboxylic acids is 2. The smallest absolute Gasteiger partial charge is 0.305 e. The van der Waals surface area contributed by atoms with E-state index in [1.165, 1.54) is 7.11 Å². The highest BCUT2D eigenvalue weighted by molar-refractivity contribution is 6.00. The number of halogens is 1. The lowest BCUT2D eigenvalue weighted by atomic mass is 9.97. The summed E-state index contributed by atoms with van der Waals surface area (Å²) in [6, 6.07) is 15.7. The van der Waals surface area contributed by atoms with E-state index in [-0.39, 0.29) is 37.0 Å². The fraction of sp³-hybridized carbons (Fsp3) is 0.211. The van der Waals surface area contributed by atoms with Gasteiger partial charge in [0.05, 0.1) is 24.8 Å². The standard InChI is InChI=1S/C19H18N2O3.ClH/c1-24-18(22)11-10-17(21)19(23)16-8-6-15(7-9-16)14-4-2-13(12-20)3-5-14;/h2-9,17H,10-11,21H2,1H3;1H. The van der Waals surface area contributed by atoms with Crippen LogP contribution >= 0.6 is 12.4 Å². The highest BCUT2D eigenvalue weighted by Gasteiger charge is 2.17. The fourth-order valence-electron chi connectivity index (χ4n) is 2.28. The van der Waals surface area contributed by atoms with Crippen molar-refractivity contribution in [3.63, 3.8) is 0 Å². The van der Waals surface area contributed by atoms with Crippen molar-refractivity contribution in [3.05, 3.63) is 59.7 Å². The van der Waals surface area contributed by atoms with Crippen LogP contribution in [0.1, 0.15) is 28.8 Å². The van der Waals surface area contributed by atoms with Crippen LogP contribution in [-0.2, 0) is 9.53 Å². The van der Waals surface area contributed by atoms with Gasteiger partial charge in [0.15, 0.2) is 5.78 Å². The third kappa shape index (κ3) is 5.42. The van der Waals surface area contributed by atoms with Crippen molar-refractivity contribution in [3.8, 4) is 17.2 Å². The normalized spacial score (nSPS) is 10.9. The molecule has 0 amide bonds. The number of ether oxygens (including phenoxy) is 1. The summed E-state index contributed by atoms with van der Waals surface area (Å²) in [6.45, 7) is 0. The molecule has 2 N–H and O–H groups in total. The molecule has 1 atom stereocenters. The van der Waals surface area contributed by atoms with Crippen LogP contribution in [0.15, 0.2) is 48.5 Å². The van der Waals surface area contributed by atoms with Crippen LogP contribution in [0.2, 0.25) is 0 Å². The lowest BCUT2D eigenvalue weighted by Crippen LogP contribution is -2.31. The van der Waals surface area contributed by atoms with Gasteiger partial charge in [0, 0.05) is 12.0 Å². The number of methoxy groups -OCH3 is 1. The molecule has 5 nitrogen and oxygen atoms in total. The number of Topliss-reactive ketones (excluding diaryl/α,β-unsaturated/α-hetero) is 1. The molecule has 0 aliphatic heterocycles. The summed E-state index contributed by atoms with van der Waals surface area (Å²) in [5.41, 5.74) is 8.85. The zero-order valence-electron chi connectivity index (χ0n) is 13.8. The number of nitrogens with zero attached hydrogens (tertiary/aromatic N) is 1. The van der Waals surface area contributed by atoms with Gasteiger partial charge in [-0.25, -0.2) is 0 Å². The van der Waals surface area contributed by atoms with Gasteiger partial charge in [-0.15, -0.1) is 12.4 Å². The second-order valence-corrected chi connectivity index (χ2v) is 5.35. The first-order valence-corrected chi connectivity index (χ1v) is 7.52. The maximum atomic E-state index is 12.3. The summed E-state index contributed by atoms with van der Waals surface area (Å²) in [5, 5.41) is 8.81. The molecule has 2 aromatic rings. The van der Waals surface area contributed by atoms with Crippen LogP contribution in [-0.4, -0.2) is 24.9 Å². The van der Waals surface area contributed by atoms with Gasteiger partial charge >= 0.3 is 5.97 Å². The van der Waals surface area contributed by atoms with E-state index in [9.17, 15) is 9.59 Å². The first kappa shape index (κ1) is 20.4. The van der Waals surface area contributed by atoms with Crippen molar-refractivity contribution in [2.45, 2.75) is 18.9 Å². The minimum atomic E-state index is -0.732. The van der Waals surface area contributed by atoms with Gasteiger partial charge in [0.25, 0.3) is 0 Å². The first-order chi connectivity index (χ1) is 11.5. The Hall–Kier alpha value is -2.68. The van der Waals surface area contributed by atoms with Crippen LogP contribution in [0, 0.1) is 11.3 Å². The van der Waals surface area contributed by atoms with Crippen molar-refractivity contribution in [1.82, 2.24) is 0 Å². The molecule has 2 aromatic carbocycles. The maximum Gasteiger partial charge on any atom is 0.305 e. The molecule has 0 saturated heterocycles. The Morgan fingerprint density at radius 3 is 2.08 bits per heavy atom. The number of ketones is 1. The Morgan fingerprint density at radius 2 is 1.60 bits per heavy atom. The highest BCUT2D eigenvalue weighted by atomic mass is 35.5. The zero-order chi connectivity index (χ0) is 17.5. The molecule has 0 saturated carbocycles. The van der Waals surface area contributed by atoms with E-state index in [1.54, 1.807) is 24.3 Å². The van der Waals surface area contributed by atoms with Crippen molar-refractivity contribution in [2.75, 3.05) is 7.11 Å². The lowest BCUT2D eigenvalue weighted by Gasteiger charge is -2.10. The Labute approximate surface area is 152 Å². The molecule has 0 bridgehead atoms. The molecule has 0 spiro atoms. The average molecular weight is 359 g/mol. The van der Waals surface area contributed by atoms with Crippen molar-refractivity contribution in [2.24, 2.45) is 5.73 Å². The van der Waals surface area contributed by atoms with Gasteiger partial charge in [0.2, 0.25) is 0 Å². The lowest BCUT2D eigenvalue weighted by molar-refractivity contribution is -0.140. The minimum Gasteiger partial charge on any atom is -0.469 e. The Bertz CT molecular complexity index is 765. The third-order valence-electron chi connectivity index (χ3n) is 3.74. The average Bonchev–Trinajstić information content (AvgIpc) is 2.65. The summed E-state index contributed by atoms with van der Waals surface area (Å²) in [6.07, 6.45) is 0.371. The third-order valence-corrected chi connectivity index (χ3v) is 3.74. The summed E-state index contributed by atoms with van der Waals surface area (Å²) >= 11 is 0. The molecule has 0 aromatic heterocycles. The second-order valence-electron chi connectivity index (χ2n) is 5.35. The number of rotatable bonds is 6. The second kappa shape index (κ2) is 9.58. The number of hydrogen-bond donors (Lipinski definition) is 1. The number of esters is 1. The van der Waals surface area contributed by atoms with E-state index in [0.29, 0.717) is 11.1 Å². The Kier molecular flexibility index (Phi) is 7.80. The highest BCUT2D eigenvalue weighted by Crippen LogP contribution is 2.21. The summed E-state index contributed by atoms with van der Waals surface area (Å²) in [5.74, 6) is -0.584. The number of hydrogen-bond acceptors (Lipinski definition) is 5. The number of nitriles is 1. The van der Waals surface area contributed by atoms with Crippen molar-refractivity contribution in [1.29, 1.82) is 5.26 Å². The van der Waals surface area contributed by atoms with Crippen LogP contribution < -0.4 is 5.73 Å². The molecule has 0 aliphatic carbocycles. The first-order valence-electron chi connectivity index (χ1n) is 7.52. The SMILES string of the molecule is COC(=O)CCC(N)C(=O)c1ccc(-c2ccc(C#N)cc2)cc1.Cl. The zero-order valence-corrected chi connectivity index (χ0v) is 14.6. The van der Waals surface area contributed by atoms with Gasteiger partial charge in [0.1, 0.15) is 0 Å². The molecule has 1 unspecified atom stereocenters. The molecule has 6 heteroatoms. The molecule has 130 valence electrons. The van der Waals surface area contributed by atoms with Crippen LogP contribution in [0.5, 0.6) is 0 Å². The Balaban J connectivity index is 0.00000312. The van der Waals surface area contributed by atoms with E-state index >= 15 is 0 Å². The van der Waals surface area contributed by atoms with Gasteiger partial charge in [-0.1, -0.05) is 36.4 Å². The molecule has 0 fully saturated rings. The van der Waals surface area contributed by atoms with Gasteiger partial charge in [-0.2, -0.15) is 5.26 Å². The van der Waals surface area contributed by atoms with E-state index in [2.05, 4.69) is 10.8 Å². The number of carbonyl (C=O) groups is 2. The predicted molar refractivity (Wildman–Crippen MR) is 97.4 cm³/mol. The molecular weight excluding hydrogens is 340 g/mol. The van der Waals surface area contributed by atoms with Gasteiger partial charge < -0.3 is 10.5 Å². The molecule has 0 aliphatic rings. The van der Waals surface area contributed by atoms with Crippen LogP contribution in [0.4, 0.5) is 0 Å². The van der Waals surface area contributed by atoms with Crippen LogP contribution in [0.3, 0.4) is 0 Å². The van der Waals surface area contributed by atoms with E-state index < -0.39 is 6.04 Å². The molecule has 25 heavy (non-hydrogen) atoms. The van der Waals surface area contributed by atoms with Crippen LogP contribution in [0.25, 0.3) is 11.1 Å². The molecule has 0 heterocycles. The van der Waals surface area contributed by atoms with Crippen molar-refractivity contribution < 1.29 is 14.3 Å². The monoisotopic (exact) mass is 358 g/mol. The van der Waals surface area contributed by atoms with Gasteiger partial charge in [-0.3, -0.25) is 9.59 Å². The van der Waals surface area contributed by atoms with E-state index in [4.69, 9.17) is 11.0 Å².